The molecule has 0 saturated carbocycles. The lowest BCUT2D eigenvalue weighted by atomic mass is 9.93. The highest BCUT2D eigenvalue weighted by molar-refractivity contribution is 4.68. The van der Waals surface area contributed by atoms with E-state index in [1.807, 2.05) is 13.8 Å². The monoisotopic (exact) mass is 182 g/mol. The van der Waals surface area contributed by atoms with Crippen molar-refractivity contribution in [3.63, 3.8) is 0 Å². The van der Waals surface area contributed by atoms with E-state index in [9.17, 15) is 13.2 Å². The molecule has 0 aliphatic rings. The van der Waals surface area contributed by atoms with Gasteiger partial charge in [-0.2, -0.15) is 13.2 Å². The molecule has 0 bridgehead atoms. The second-order valence-corrected chi connectivity index (χ2v) is 3.66. The lowest BCUT2D eigenvalue weighted by Crippen LogP contribution is -2.24. The maximum absolute atomic E-state index is 12.3. The Balaban J connectivity index is 4.04. The van der Waals surface area contributed by atoms with E-state index in [-0.39, 0.29) is 18.8 Å². The molecular formula is C9H17F3. The van der Waals surface area contributed by atoms with Gasteiger partial charge in [0.05, 0.1) is 5.92 Å². The summed E-state index contributed by atoms with van der Waals surface area (Å²) < 4.78 is 36.8. The molecule has 0 N–H and O–H groups in total. The minimum absolute atomic E-state index is 0.128. The van der Waals surface area contributed by atoms with Gasteiger partial charge in [-0.25, -0.2) is 0 Å². The summed E-state index contributed by atoms with van der Waals surface area (Å²) in [6.07, 6.45) is -2.86. The van der Waals surface area contributed by atoms with Gasteiger partial charge in [0.25, 0.3) is 0 Å². The lowest BCUT2D eigenvalue weighted by Gasteiger charge is -2.21. The zero-order valence-electron chi connectivity index (χ0n) is 7.91. The predicted octanol–water partition coefficient (Wildman–Crippen LogP) is 4.01. The van der Waals surface area contributed by atoms with Crippen molar-refractivity contribution in [1.29, 1.82) is 0 Å². The van der Waals surface area contributed by atoms with E-state index in [0.29, 0.717) is 6.42 Å². The highest BCUT2D eigenvalue weighted by atomic mass is 19.4. The molecule has 0 spiro atoms. The summed E-state index contributed by atoms with van der Waals surface area (Å²) in [5.74, 6) is -0.967. The fourth-order valence-corrected chi connectivity index (χ4v) is 1.33. The van der Waals surface area contributed by atoms with Crippen molar-refractivity contribution in [3.8, 4) is 0 Å². The van der Waals surface area contributed by atoms with Crippen LogP contribution in [0.5, 0.6) is 0 Å². The lowest BCUT2D eigenvalue weighted by molar-refractivity contribution is -0.180. The Kier molecular flexibility index (Phi) is 4.64. The van der Waals surface area contributed by atoms with E-state index < -0.39 is 12.1 Å². The molecule has 0 aromatic carbocycles. The quantitative estimate of drug-likeness (QED) is 0.616. The maximum Gasteiger partial charge on any atom is 0.391 e. The van der Waals surface area contributed by atoms with Crippen LogP contribution in [0.2, 0.25) is 0 Å². The summed E-state index contributed by atoms with van der Waals surface area (Å²) in [5, 5.41) is 0. The van der Waals surface area contributed by atoms with Gasteiger partial charge in [-0.3, -0.25) is 0 Å². The van der Waals surface area contributed by atoms with Gasteiger partial charge in [-0.1, -0.05) is 27.2 Å². The van der Waals surface area contributed by atoms with E-state index in [2.05, 4.69) is 0 Å². The first kappa shape index (κ1) is 11.8. The van der Waals surface area contributed by atoms with Crippen LogP contribution in [-0.4, -0.2) is 6.18 Å². The average Bonchev–Trinajstić information content (AvgIpc) is 1.83. The Hall–Kier alpha value is -0.210. The summed E-state index contributed by atoms with van der Waals surface area (Å²) in [6, 6.07) is 0. The highest BCUT2D eigenvalue weighted by Crippen LogP contribution is 2.34. The standard InChI is InChI=1S/C9H17F3/c1-4-5-8(6-7(2)3)9(10,11)12/h7-8H,4-6H2,1-3H3. The van der Waals surface area contributed by atoms with E-state index in [0.717, 1.165) is 0 Å². The zero-order chi connectivity index (χ0) is 9.78. The molecule has 1 atom stereocenters. The van der Waals surface area contributed by atoms with E-state index in [1.54, 1.807) is 6.92 Å². The molecule has 3 heteroatoms. The van der Waals surface area contributed by atoms with Gasteiger partial charge in [0.15, 0.2) is 0 Å². The fourth-order valence-electron chi connectivity index (χ4n) is 1.33. The smallest absolute Gasteiger partial charge is 0.171 e. The van der Waals surface area contributed by atoms with Gasteiger partial charge < -0.3 is 0 Å². The highest BCUT2D eigenvalue weighted by Gasteiger charge is 2.38. The Morgan fingerprint density at radius 1 is 1.17 bits per heavy atom. The molecule has 0 heterocycles. The molecule has 0 aliphatic carbocycles. The third kappa shape index (κ3) is 4.62. The normalized spacial score (nSPS) is 15.2. The molecule has 0 radical (unpaired) electrons. The second kappa shape index (κ2) is 4.73. The fraction of sp³-hybridized carbons (Fsp3) is 1.00. The Labute approximate surface area is 72.2 Å². The molecule has 0 saturated heterocycles. The Morgan fingerprint density at radius 2 is 1.67 bits per heavy atom. The molecule has 0 aromatic heterocycles. The molecular weight excluding hydrogens is 165 g/mol. The topological polar surface area (TPSA) is 0 Å². The van der Waals surface area contributed by atoms with Gasteiger partial charge in [-0.15, -0.1) is 0 Å². The van der Waals surface area contributed by atoms with Crippen LogP contribution in [0.4, 0.5) is 13.2 Å². The third-order valence-corrected chi connectivity index (χ3v) is 1.86. The molecule has 1 unspecified atom stereocenters. The molecule has 0 aromatic rings. The summed E-state index contributed by atoms with van der Waals surface area (Å²) in [4.78, 5) is 0. The van der Waals surface area contributed by atoms with Gasteiger partial charge in [-0.05, 0) is 18.8 Å². The maximum atomic E-state index is 12.3. The van der Waals surface area contributed by atoms with E-state index in [1.165, 1.54) is 0 Å². The van der Waals surface area contributed by atoms with Crippen molar-refractivity contribution in [2.45, 2.75) is 46.2 Å². The SMILES string of the molecule is CCCC(CC(C)C)C(F)(F)F. The van der Waals surface area contributed by atoms with Crippen molar-refractivity contribution in [2.75, 3.05) is 0 Å². The van der Waals surface area contributed by atoms with Crippen LogP contribution in [-0.2, 0) is 0 Å². The first-order chi connectivity index (χ1) is 5.38. The van der Waals surface area contributed by atoms with Crippen molar-refractivity contribution >= 4 is 0 Å². The van der Waals surface area contributed by atoms with Crippen LogP contribution in [0.25, 0.3) is 0 Å². The van der Waals surface area contributed by atoms with Crippen molar-refractivity contribution in [3.05, 3.63) is 0 Å². The zero-order valence-corrected chi connectivity index (χ0v) is 7.91. The average molecular weight is 182 g/mol. The van der Waals surface area contributed by atoms with E-state index >= 15 is 0 Å². The molecule has 12 heavy (non-hydrogen) atoms. The Morgan fingerprint density at radius 3 is 1.92 bits per heavy atom. The predicted molar refractivity (Wildman–Crippen MR) is 43.9 cm³/mol. The van der Waals surface area contributed by atoms with Gasteiger partial charge >= 0.3 is 6.18 Å². The van der Waals surface area contributed by atoms with Crippen LogP contribution in [0.3, 0.4) is 0 Å². The van der Waals surface area contributed by atoms with Gasteiger partial charge in [0.2, 0.25) is 0 Å². The summed E-state index contributed by atoms with van der Waals surface area (Å²) in [6.45, 7) is 5.45. The summed E-state index contributed by atoms with van der Waals surface area (Å²) in [7, 11) is 0. The largest absolute Gasteiger partial charge is 0.391 e. The number of hydrogen-bond donors (Lipinski definition) is 0. The van der Waals surface area contributed by atoms with Crippen molar-refractivity contribution < 1.29 is 13.2 Å². The minimum Gasteiger partial charge on any atom is -0.171 e. The number of alkyl halides is 3. The molecule has 74 valence electrons. The number of hydrogen-bond acceptors (Lipinski definition) is 0. The third-order valence-electron chi connectivity index (χ3n) is 1.86. The van der Waals surface area contributed by atoms with E-state index in [4.69, 9.17) is 0 Å². The summed E-state index contributed by atoms with van der Waals surface area (Å²) >= 11 is 0. The second-order valence-electron chi connectivity index (χ2n) is 3.66. The molecule has 0 aliphatic heterocycles. The molecule has 0 amide bonds. The van der Waals surface area contributed by atoms with Crippen molar-refractivity contribution in [1.82, 2.24) is 0 Å². The Bertz CT molecular complexity index is 115. The van der Waals surface area contributed by atoms with Crippen LogP contribution < -0.4 is 0 Å². The van der Waals surface area contributed by atoms with Crippen LogP contribution in [0.15, 0.2) is 0 Å². The van der Waals surface area contributed by atoms with Crippen LogP contribution in [0.1, 0.15) is 40.0 Å². The molecule has 0 nitrogen and oxygen atoms in total. The van der Waals surface area contributed by atoms with Gasteiger partial charge in [0.1, 0.15) is 0 Å². The molecule has 0 fully saturated rings. The first-order valence-electron chi connectivity index (χ1n) is 4.44. The van der Waals surface area contributed by atoms with Crippen LogP contribution in [0, 0.1) is 11.8 Å². The summed E-state index contributed by atoms with van der Waals surface area (Å²) in [5.41, 5.74) is 0. The molecule has 0 rings (SSSR count). The number of rotatable bonds is 4. The minimum atomic E-state index is -4.00. The first-order valence-corrected chi connectivity index (χ1v) is 4.44. The number of halogens is 3. The van der Waals surface area contributed by atoms with Gasteiger partial charge in [0, 0.05) is 0 Å². The van der Waals surface area contributed by atoms with Crippen molar-refractivity contribution in [2.24, 2.45) is 11.8 Å². The van der Waals surface area contributed by atoms with Crippen LogP contribution >= 0.6 is 0 Å².